The fourth-order valence-corrected chi connectivity index (χ4v) is 2.00. The van der Waals surface area contributed by atoms with Crippen molar-refractivity contribution in [2.75, 3.05) is 0 Å². The Labute approximate surface area is 121 Å². The molecule has 1 heterocycles. The number of alkyl halides is 1. The summed E-state index contributed by atoms with van der Waals surface area (Å²) in [6.45, 7) is 2.05. The van der Waals surface area contributed by atoms with E-state index in [-0.39, 0.29) is 18.3 Å². The lowest BCUT2D eigenvalue weighted by atomic mass is 10.2. The monoisotopic (exact) mass is 299 g/mol. The average Bonchev–Trinajstić information content (AvgIpc) is 2.40. The Bertz CT molecular complexity index is 590. The topological polar surface area (TPSA) is 22.1 Å². The van der Waals surface area contributed by atoms with E-state index in [4.69, 9.17) is 27.9 Å². The summed E-state index contributed by atoms with van der Waals surface area (Å²) >= 11 is 11.8. The highest BCUT2D eigenvalue weighted by Crippen LogP contribution is 2.23. The molecule has 5 heteroatoms. The van der Waals surface area contributed by atoms with Crippen molar-refractivity contribution in [1.29, 1.82) is 0 Å². The number of hydrogen-bond donors (Lipinski definition) is 0. The summed E-state index contributed by atoms with van der Waals surface area (Å²) in [6, 6.07) is 7.80. The Morgan fingerprint density at radius 2 is 2.05 bits per heavy atom. The van der Waals surface area contributed by atoms with Crippen LogP contribution in [0.2, 0.25) is 5.02 Å². The quantitative estimate of drug-likeness (QED) is 0.776. The molecule has 1 aromatic heterocycles. The number of rotatable bonds is 4. The Kier molecular flexibility index (Phi) is 4.61. The Morgan fingerprint density at radius 3 is 2.79 bits per heavy atom. The van der Waals surface area contributed by atoms with Gasteiger partial charge < -0.3 is 4.74 Å². The highest BCUT2D eigenvalue weighted by Gasteiger charge is 2.07. The first kappa shape index (κ1) is 14.1. The summed E-state index contributed by atoms with van der Waals surface area (Å²) in [7, 11) is 0. The molecule has 0 radical (unpaired) electrons. The number of hydrogen-bond acceptors (Lipinski definition) is 2. The molecule has 0 amide bonds. The predicted molar refractivity (Wildman–Crippen MR) is 74.3 cm³/mol. The van der Waals surface area contributed by atoms with Crippen LogP contribution < -0.4 is 4.74 Å². The second-order valence-corrected chi connectivity index (χ2v) is 4.73. The van der Waals surface area contributed by atoms with Crippen LogP contribution in [0.4, 0.5) is 4.39 Å². The fourth-order valence-electron chi connectivity index (χ4n) is 1.63. The van der Waals surface area contributed by atoms with Gasteiger partial charge in [-0.05, 0) is 37.3 Å². The third-order valence-corrected chi connectivity index (χ3v) is 3.21. The molecule has 0 saturated heterocycles. The molecule has 0 bridgehead atoms. The number of pyridine rings is 1. The van der Waals surface area contributed by atoms with Gasteiger partial charge in [0.05, 0.1) is 11.6 Å². The van der Waals surface area contributed by atoms with E-state index < -0.39 is 0 Å². The van der Waals surface area contributed by atoms with Crippen molar-refractivity contribution in [3.8, 4) is 5.75 Å². The second kappa shape index (κ2) is 6.22. The van der Waals surface area contributed by atoms with Gasteiger partial charge in [-0.25, -0.2) is 4.39 Å². The van der Waals surface area contributed by atoms with Crippen molar-refractivity contribution in [3.63, 3.8) is 0 Å². The molecule has 100 valence electrons. The van der Waals surface area contributed by atoms with E-state index in [2.05, 4.69) is 4.98 Å². The van der Waals surface area contributed by atoms with Crippen molar-refractivity contribution < 1.29 is 9.13 Å². The van der Waals surface area contributed by atoms with Crippen molar-refractivity contribution in [2.24, 2.45) is 0 Å². The fraction of sp³-hybridized carbons (Fsp3) is 0.214. The standard InChI is InChI=1S/C14H12Cl2FNO/c1-9-2-5-14(13(7-15)18-9)19-8-10-6-11(17)3-4-12(10)16/h2-6H,7-8H2,1H3. The summed E-state index contributed by atoms with van der Waals surface area (Å²) < 4.78 is 18.7. The van der Waals surface area contributed by atoms with Crippen LogP contribution in [0.3, 0.4) is 0 Å². The van der Waals surface area contributed by atoms with Crippen LogP contribution in [0.25, 0.3) is 0 Å². The van der Waals surface area contributed by atoms with E-state index in [1.807, 2.05) is 13.0 Å². The first-order valence-corrected chi connectivity index (χ1v) is 6.60. The molecule has 0 aliphatic rings. The van der Waals surface area contributed by atoms with E-state index in [9.17, 15) is 4.39 Å². The van der Waals surface area contributed by atoms with E-state index in [0.29, 0.717) is 22.0 Å². The van der Waals surface area contributed by atoms with Crippen molar-refractivity contribution in [1.82, 2.24) is 4.98 Å². The zero-order valence-corrected chi connectivity index (χ0v) is 11.8. The average molecular weight is 300 g/mol. The largest absolute Gasteiger partial charge is 0.487 e. The molecular formula is C14H12Cl2FNO. The van der Waals surface area contributed by atoms with Gasteiger partial charge in [-0.3, -0.25) is 4.98 Å². The van der Waals surface area contributed by atoms with Crippen LogP contribution in [0, 0.1) is 12.7 Å². The van der Waals surface area contributed by atoms with E-state index >= 15 is 0 Å². The number of aryl methyl sites for hydroxylation is 1. The molecule has 0 aliphatic carbocycles. The number of ether oxygens (including phenoxy) is 1. The van der Waals surface area contributed by atoms with Gasteiger partial charge in [0.1, 0.15) is 18.2 Å². The van der Waals surface area contributed by atoms with Crippen molar-refractivity contribution in [2.45, 2.75) is 19.4 Å². The SMILES string of the molecule is Cc1ccc(OCc2cc(F)ccc2Cl)c(CCl)n1. The van der Waals surface area contributed by atoms with E-state index in [1.165, 1.54) is 18.2 Å². The summed E-state index contributed by atoms with van der Waals surface area (Å²) in [6.07, 6.45) is 0. The molecule has 2 rings (SSSR count). The van der Waals surface area contributed by atoms with E-state index in [0.717, 1.165) is 5.69 Å². The first-order valence-electron chi connectivity index (χ1n) is 5.69. The summed E-state index contributed by atoms with van der Waals surface area (Å²) in [5.41, 5.74) is 2.11. The highest BCUT2D eigenvalue weighted by molar-refractivity contribution is 6.31. The molecule has 2 aromatic rings. The lowest BCUT2D eigenvalue weighted by molar-refractivity contribution is 0.301. The molecule has 0 spiro atoms. The van der Waals surface area contributed by atoms with Crippen molar-refractivity contribution >= 4 is 23.2 Å². The van der Waals surface area contributed by atoms with Gasteiger partial charge in [-0.15, -0.1) is 11.6 Å². The molecule has 19 heavy (non-hydrogen) atoms. The van der Waals surface area contributed by atoms with Gasteiger partial charge >= 0.3 is 0 Å². The maximum Gasteiger partial charge on any atom is 0.142 e. The van der Waals surface area contributed by atoms with Gasteiger partial charge in [0.2, 0.25) is 0 Å². The molecule has 0 fully saturated rings. The van der Waals surface area contributed by atoms with Crippen LogP contribution >= 0.6 is 23.2 Å². The zero-order chi connectivity index (χ0) is 13.8. The normalized spacial score (nSPS) is 10.5. The summed E-state index contributed by atoms with van der Waals surface area (Å²) in [5, 5.41) is 0.467. The third-order valence-electron chi connectivity index (χ3n) is 2.59. The minimum atomic E-state index is -0.345. The smallest absolute Gasteiger partial charge is 0.142 e. The molecule has 1 aromatic carbocycles. The lowest BCUT2D eigenvalue weighted by Gasteiger charge is -2.11. The molecule has 0 N–H and O–H groups in total. The van der Waals surface area contributed by atoms with Crippen LogP contribution in [0.15, 0.2) is 30.3 Å². The van der Waals surface area contributed by atoms with Crippen LogP contribution in [-0.2, 0) is 12.5 Å². The van der Waals surface area contributed by atoms with E-state index in [1.54, 1.807) is 6.07 Å². The van der Waals surface area contributed by atoms with Crippen LogP contribution in [0.1, 0.15) is 17.0 Å². The lowest BCUT2D eigenvalue weighted by Crippen LogP contribution is -2.01. The molecular weight excluding hydrogens is 288 g/mol. The minimum Gasteiger partial charge on any atom is -0.487 e. The maximum absolute atomic E-state index is 13.1. The number of aromatic nitrogens is 1. The molecule has 0 aliphatic heterocycles. The molecule has 0 unspecified atom stereocenters. The zero-order valence-electron chi connectivity index (χ0n) is 10.3. The predicted octanol–water partition coefficient (Wildman–Crippen LogP) is 4.50. The Hall–Kier alpha value is -1.32. The number of halogens is 3. The Morgan fingerprint density at radius 1 is 1.26 bits per heavy atom. The van der Waals surface area contributed by atoms with Gasteiger partial charge in [-0.1, -0.05) is 11.6 Å². The second-order valence-electron chi connectivity index (χ2n) is 4.06. The van der Waals surface area contributed by atoms with Gasteiger partial charge in [0, 0.05) is 16.3 Å². The Balaban J connectivity index is 2.16. The number of benzene rings is 1. The van der Waals surface area contributed by atoms with Gasteiger partial charge in [-0.2, -0.15) is 0 Å². The highest BCUT2D eigenvalue weighted by atomic mass is 35.5. The number of nitrogens with zero attached hydrogens (tertiary/aromatic N) is 1. The maximum atomic E-state index is 13.1. The summed E-state index contributed by atoms with van der Waals surface area (Å²) in [5.74, 6) is 0.497. The van der Waals surface area contributed by atoms with Gasteiger partial charge in [0.25, 0.3) is 0 Å². The van der Waals surface area contributed by atoms with Crippen LogP contribution in [-0.4, -0.2) is 4.98 Å². The third kappa shape index (κ3) is 3.58. The molecule has 0 atom stereocenters. The minimum absolute atomic E-state index is 0.172. The molecule has 0 saturated carbocycles. The van der Waals surface area contributed by atoms with Crippen LogP contribution in [0.5, 0.6) is 5.75 Å². The summed E-state index contributed by atoms with van der Waals surface area (Å²) in [4.78, 5) is 4.28. The van der Waals surface area contributed by atoms with Gasteiger partial charge in [0.15, 0.2) is 0 Å². The van der Waals surface area contributed by atoms with Crippen molar-refractivity contribution in [3.05, 3.63) is 58.1 Å². The molecule has 2 nitrogen and oxygen atoms in total. The first-order chi connectivity index (χ1) is 9.10.